The first-order valence-electron chi connectivity index (χ1n) is 9.05. The van der Waals surface area contributed by atoms with Gasteiger partial charge in [-0.05, 0) is 67.3 Å². The van der Waals surface area contributed by atoms with Gasteiger partial charge in [-0.1, -0.05) is 28.9 Å². The van der Waals surface area contributed by atoms with Crippen molar-refractivity contribution in [3.63, 3.8) is 0 Å². The van der Waals surface area contributed by atoms with Gasteiger partial charge in [-0.15, -0.1) is 0 Å². The van der Waals surface area contributed by atoms with Crippen molar-refractivity contribution in [2.75, 3.05) is 5.43 Å². The lowest BCUT2D eigenvalue weighted by Gasteiger charge is -2.13. The molecule has 0 aliphatic carbocycles. The summed E-state index contributed by atoms with van der Waals surface area (Å²) in [6.45, 7) is 5.94. The number of aryl methyl sites for hydroxylation is 3. The summed E-state index contributed by atoms with van der Waals surface area (Å²) in [6, 6.07) is 11.1. The Kier molecular flexibility index (Phi) is 6.03. The molecule has 0 amide bonds. The van der Waals surface area contributed by atoms with Crippen LogP contribution in [0.5, 0.6) is 5.88 Å². The summed E-state index contributed by atoms with van der Waals surface area (Å²) in [7, 11) is 0. The fourth-order valence-electron chi connectivity index (χ4n) is 2.92. The molecule has 7 nitrogen and oxygen atoms in total. The Hall–Kier alpha value is -3.13. The first-order chi connectivity index (χ1) is 13.8. The number of anilines is 1. The fraction of sp³-hybridized carbons (Fsp3) is 0.190. The van der Waals surface area contributed by atoms with Gasteiger partial charge in [-0.3, -0.25) is 15.2 Å². The summed E-state index contributed by atoms with van der Waals surface area (Å²) >= 11 is 3.40. The Balaban J connectivity index is 2.03. The average Bonchev–Trinajstić information content (AvgIpc) is 2.68. The largest absolute Gasteiger partial charge is 0.493 e. The molecule has 1 heterocycles. The molecule has 0 fully saturated rings. The molecule has 0 radical (unpaired) electrons. The van der Waals surface area contributed by atoms with Crippen LogP contribution < -0.4 is 16.7 Å². The van der Waals surface area contributed by atoms with E-state index in [1.54, 1.807) is 12.1 Å². The number of hydrogen-bond donors (Lipinski definition) is 3. The van der Waals surface area contributed by atoms with Crippen LogP contribution in [0.15, 0.2) is 55.6 Å². The summed E-state index contributed by atoms with van der Waals surface area (Å²) in [5, 5.41) is 14.7. The summed E-state index contributed by atoms with van der Waals surface area (Å²) in [4.78, 5) is 26.9. The SMILES string of the molecule is CCc1cc(Br)ccc1-n1c(O)c(C=NNc2ccc(C)c(C)c2)c(=O)[nH]c1=O. The monoisotopic (exact) mass is 456 g/mol. The number of nitrogens with one attached hydrogen (secondary N) is 2. The van der Waals surface area contributed by atoms with Gasteiger partial charge in [0.15, 0.2) is 0 Å². The smallest absolute Gasteiger partial charge is 0.335 e. The second-order valence-electron chi connectivity index (χ2n) is 6.63. The zero-order valence-corrected chi connectivity index (χ0v) is 17.9. The molecule has 3 aromatic rings. The number of benzene rings is 2. The second kappa shape index (κ2) is 8.48. The molecule has 3 rings (SSSR count). The van der Waals surface area contributed by atoms with Crippen molar-refractivity contribution in [3.8, 4) is 11.6 Å². The lowest BCUT2D eigenvalue weighted by atomic mass is 10.1. The van der Waals surface area contributed by atoms with Crippen molar-refractivity contribution in [2.24, 2.45) is 5.10 Å². The van der Waals surface area contributed by atoms with Gasteiger partial charge in [0.1, 0.15) is 5.56 Å². The molecule has 0 saturated heterocycles. The molecule has 0 unspecified atom stereocenters. The number of hydrogen-bond acceptors (Lipinski definition) is 5. The summed E-state index contributed by atoms with van der Waals surface area (Å²) in [5.74, 6) is -0.471. The van der Waals surface area contributed by atoms with Crippen molar-refractivity contribution in [3.05, 3.63) is 84.0 Å². The number of aromatic hydroxyl groups is 1. The van der Waals surface area contributed by atoms with Gasteiger partial charge < -0.3 is 5.11 Å². The van der Waals surface area contributed by atoms with Gasteiger partial charge in [0.2, 0.25) is 5.88 Å². The first-order valence-corrected chi connectivity index (χ1v) is 9.84. The van der Waals surface area contributed by atoms with E-state index in [0.29, 0.717) is 12.1 Å². The van der Waals surface area contributed by atoms with E-state index in [-0.39, 0.29) is 5.56 Å². The minimum atomic E-state index is -0.719. The van der Waals surface area contributed by atoms with Crippen LogP contribution in [0.1, 0.15) is 29.2 Å². The Morgan fingerprint density at radius 1 is 1.17 bits per heavy atom. The van der Waals surface area contributed by atoms with Crippen molar-refractivity contribution < 1.29 is 5.11 Å². The van der Waals surface area contributed by atoms with E-state index in [2.05, 4.69) is 31.4 Å². The van der Waals surface area contributed by atoms with Crippen LogP contribution in [0.25, 0.3) is 5.69 Å². The number of rotatable bonds is 5. The molecule has 0 saturated carbocycles. The molecule has 0 atom stereocenters. The maximum absolute atomic E-state index is 12.4. The van der Waals surface area contributed by atoms with Gasteiger partial charge in [-0.25, -0.2) is 9.36 Å². The highest BCUT2D eigenvalue weighted by Crippen LogP contribution is 2.23. The van der Waals surface area contributed by atoms with Crippen molar-refractivity contribution in [1.29, 1.82) is 0 Å². The number of H-pyrrole nitrogens is 1. The molecule has 150 valence electrons. The summed E-state index contributed by atoms with van der Waals surface area (Å²) in [5.41, 5.74) is 5.60. The molecular formula is C21H21BrN4O3. The van der Waals surface area contributed by atoms with Crippen molar-refractivity contribution in [1.82, 2.24) is 9.55 Å². The third kappa shape index (κ3) is 4.32. The standard InChI is InChI=1S/C21H21BrN4O3/c1-4-14-10-15(22)6-8-18(14)26-20(28)17(19(27)24-21(26)29)11-23-25-16-7-5-12(2)13(3)9-16/h5-11,25,28H,4H2,1-3H3,(H,24,27,29). The third-order valence-electron chi connectivity index (χ3n) is 4.68. The lowest BCUT2D eigenvalue weighted by molar-refractivity contribution is 0.429. The number of aromatic nitrogens is 2. The molecule has 3 N–H and O–H groups in total. The molecule has 8 heteroatoms. The van der Waals surface area contributed by atoms with Gasteiger partial charge in [-0.2, -0.15) is 5.10 Å². The molecule has 0 bridgehead atoms. The zero-order chi connectivity index (χ0) is 21.1. The van der Waals surface area contributed by atoms with E-state index in [1.165, 1.54) is 6.21 Å². The average molecular weight is 457 g/mol. The Morgan fingerprint density at radius 3 is 2.62 bits per heavy atom. The molecular weight excluding hydrogens is 436 g/mol. The van der Waals surface area contributed by atoms with Crippen LogP contribution in [0.3, 0.4) is 0 Å². The van der Waals surface area contributed by atoms with Crippen LogP contribution in [0, 0.1) is 13.8 Å². The fourth-order valence-corrected chi connectivity index (χ4v) is 3.32. The van der Waals surface area contributed by atoms with Crippen LogP contribution in [0.2, 0.25) is 0 Å². The van der Waals surface area contributed by atoms with Crippen LogP contribution >= 0.6 is 15.9 Å². The Bertz CT molecular complexity index is 1210. The summed E-state index contributed by atoms with van der Waals surface area (Å²) in [6.07, 6.45) is 1.83. The second-order valence-corrected chi connectivity index (χ2v) is 7.54. The van der Waals surface area contributed by atoms with Crippen LogP contribution in [0.4, 0.5) is 5.69 Å². The van der Waals surface area contributed by atoms with E-state index >= 15 is 0 Å². The highest BCUT2D eigenvalue weighted by Gasteiger charge is 2.16. The number of aromatic amines is 1. The zero-order valence-electron chi connectivity index (χ0n) is 16.3. The Morgan fingerprint density at radius 2 is 1.93 bits per heavy atom. The Labute approximate surface area is 175 Å². The van der Waals surface area contributed by atoms with Gasteiger partial charge in [0.25, 0.3) is 5.56 Å². The molecule has 29 heavy (non-hydrogen) atoms. The summed E-state index contributed by atoms with van der Waals surface area (Å²) < 4.78 is 1.93. The van der Waals surface area contributed by atoms with Gasteiger partial charge >= 0.3 is 5.69 Å². The predicted octanol–water partition coefficient (Wildman–Crippen LogP) is 3.62. The minimum absolute atomic E-state index is 0.120. The maximum atomic E-state index is 12.4. The van der Waals surface area contributed by atoms with E-state index in [0.717, 1.165) is 31.4 Å². The predicted molar refractivity (Wildman–Crippen MR) is 119 cm³/mol. The van der Waals surface area contributed by atoms with Gasteiger partial charge in [0.05, 0.1) is 17.6 Å². The normalized spacial score (nSPS) is 11.2. The molecule has 0 aliphatic heterocycles. The molecule has 1 aromatic heterocycles. The van der Waals surface area contributed by atoms with Crippen molar-refractivity contribution in [2.45, 2.75) is 27.2 Å². The number of nitrogens with zero attached hydrogens (tertiary/aromatic N) is 2. The van der Waals surface area contributed by atoms with Gasteiger partial charge in [0, 0.05) is 4.47 Å². The molecule has 2 aromatic carbocycles. The third-order valence-corrected chi connectivity index (χ3v) is 5.17. The topological polar surface area (TPSA) is 99.5 Å². The van der Waals surface area contributed by atoms with E-state index < -0.39 is 17.1 Å². The highest BCUT2D eigenvalue weighted by atomic mass is 79.9. The number of halogens is 1. The molecule has 0 spiro atoms. The van der Waals surface area contributed by atoms with Crippen LogP contribution in [-0.4, -0.2) is 20.9 Å². The van der Waals surface area contributed by atoms with Crippen LogP contribution in [-0.2, 0) is 6.42 Å². The maximum Gasteiger partial charge on any atom is 0.335 e. The van der Waals surface area contributed by atoms with E-state index in [4.69, 9.17) is 0 Å². The van der Waals surface area contributed by atoms with E-state index in [9.17, 15) is 14.7 Å². The van der Waals surface area contributed by atoms with Crippen molar-refractivity contribution >= 4 is 27.8 Å². The molecule has 0 aliphatic rings. The number of hydrazone groups is 1. The first kappa shape index (κ1) is 20.6. The minimum Gasteiger partial charge on any atom is -0.493 e. The quantitative estimate of drug-likeness (QED) is 0.403. The lowest BCUT2D eigenvalue weighted by Crippen LogP contribution is -2.31. The highest BCUT2D eigenvalue weighted by molar-refractivity contribution is 9.10. The van der Waals surface area contributed by atoms with E-state index in [1.807, 2.05) is 45.0 Å².